The van der Waals surface area contributed by atoms with Gasteiger partial charge in [0, 0.05) is 0 Å². The van der Waals surface area contributed by atoms with Gasteiger partial charge < -0.3 is 4.74 Å². The Bertz CT molecular complexity index is 113. The van der Waals surface area contributed by atoms with Crippen molar-refractivity contribution in [3.8, 4) is 6.07 Å². The number of hydrogen-bond acceptors (Lipinski definition) is 2. The van der Waals surface area contributed by atoms with Crippen LogP contribution in [0.25, 0.3) is 0 Å². The minimum Gasteiger partial charge on any atom is -0.502 e. The molecule has 0 atom stereocenters. The molecule has 0 aliphatic carbocycles. The van der Waals surface area contributed by atoms with Gasteiger partial charge in [0.25, 0.3) is 0 Å². The molecule has 0 spiro atoms. The van der Waals surface area contributed by atoms with Crippen molar-refractivity contribution in [2.75, 3.05) is 7.11 Å². The highest BCUT2D eigenvalue weighted by atomic mass is 79.9. The first kappa shape index (κ1) is 6.51. The fourth-order valence-electron chi connectivity index (χ4n) is 0.130. The Morgan fingerprint density at radius 3 is 2.71 bits per heavy atom. The van der Waals surface area contributed by atoms with Crippen molar-refractivity contribution in [1.82, 2.24) is 0 Å². The average Bonchev–Trinajstić information content (AvgIpc) is 1.68. The second kappa shape index (κ2) is 3.69. The molecule has 0 aromatic rings. The minimum atomic E-state index is 0.398. The highest BCUT2D eigenvalue weighted by Gasteiger charge is 1.79. The zero-order valence-corrected chi connectivity index (χ0v) is 5.40. The van der Waals surface area contributed by atoms with Crippen molar-refractivity contribution in [1.29, 1.82) is 5.26 Å². The summed E-state index contributed by atoms with van der Waals surface area (Å²) in [5.74, 6) is 0. The first-order chi connectivity index (χ1) is 3.31. The Morgan fingerprint density at radius 1 is 2.00 bits per heavy atom. The second-order valence-electron chi connectivity index (χ2n) is 0.813. The Morgan fingerprint density at radius 2 is 2.57 bits per heavy atom. The van der Waals surface area contributed by atoms with Crippen molar-refractivity contribution in [3.05, 3.63) is 10.7 Å². The van der Waals surface area contributed by atoms with Gasteiger partial charge in [-0.2, -0.15) is 5.26 Å². The van der Waals surface area contributed by atoms with Crippen molar-refractivity contribution in [2.24, 2.45) is 0 Å². The smallest absolute Gasteiger partial charge is 0.129 e. The van der Waals surface area contributed by atoms with E-state index >= 15 is 0 Å². The summed E-state index contributed by atoms with van der Waals surface area (Å²) in [6.45, 7) is 0. The summed E-state index contributed by atoms with van der Waals surface area (Å²) in [5.41, 5.74) is 0. The quantitative estimate of drug-likeness (QED) is 0.431. The van der Waals surface area contributed by atoms with Gasteiger partial charge in [-0.1, -0.05) is 0 Å². The van der Waals surface area contributed by atoms with Crippen LogP contribution in [-0.4, -0.2) is 7.11 Å². The van der Waals surface area contributed by atoms with E-state index in [1.54, 1.807) is 0 Å². The molecule has 0 aromatic heterocycles. The predicted molar refractivity (Wildman–Crippen MR) is 29.6 cm³/mol. The zero-order valence-electron chi connectivity index (χ0n) is 3.81. The van der Waals surface area contributed by atoms with Gasteiger partial charge in [-0.05, 0) is 15.9 Å². The number of rotatable bonds is 1. The van der Waals surface area contributed by atoms with Crippen molar-refractivity contribution < 1.29 is 4.74 Å². The summed E-state index contributed by atoms with van der Waals surface area (Å²) in [5, 5.41) is 8.02. The summed E-state index contributed by atoms with van der Waals surface area (Å²) in [6, 6.07) is 1.82. The monoisotopic (exact) mass is 161 g/mol. The molecule has 0 amide bonds. The summed E-state index contributed by atoms with van der Waals surface area (Å²) >= 11 is 2.91. The predicted octanol–water partition coefficient (Wildman–Crippen LogP) is 1.39. The van der Waals surface area contributed by atoms with E-state index in [-0.39, 0.29) is 0 Å². The van der Waals surface area contributed by atoms with Gasteiger partial charge >= 0.3 is 0 Å². The van der Waals surface area contributed by atoms with Crippen LogP contribution in [0.4, 0.5) is 0 Å². The van der Waals surface area contributed by atoms with E-state index in [0.717, 1.165) is 0 Å². The number of methoxy groups -OCH3 is 1. The minimum absolute atomic E-state index is 0.398. The highest BCUT2D eigenvalue weighted by Crippen LogP contribution is 1.99. The molecule has 0 radical (unpaired) electrons. The second-order valence-corrected chi connectivity index (χ2v) is 1.67. The lowest BCUT2D eigenvalue weighted by molar-refractivity contribution is 0.337. The fraction of sp³-hybridized carbons (Fsp3) is 0.250. The maximum atomic E-state index is 8.02. The van der Waals surface area contributed by atoms with Crippen molar-refractivity contribution in [3.63, 3.8) is 0 Å². The van der Waals surface area contributed by atoms with Crippen LogP contribution in [-0.2, 0) is 4.74 Å². The topological polar surface area (TPSA) is 33.0 Å². The van der Waals surface area contributed by atoms with E-state index in [0.29, 0.717) is 4.48 Å². The maximum Gasteiger partial charge on any atom is 0.129 e. The number of halogens is 1. The van der Waals surface area contributed by atoms with Crippen molar-refractivity contribution >= 4 is 15.9 Å². The number of allylic oxidation sites excluding steroid dienone is 1. The van der Waals surface area contributed by atoms with Crippen LogP contribution in [0.5, 0.6) is 0 Å². The van der Waals surface area contributed by atoms with Crippen LogP contribution in [0.3, 0.4) is 0 Å². The van der Waals surface area contributed by atoms with E-state index in [2.05, 4.69) is 20.7 Å². The molecule has 0 aliphatic rings. The Balaban J connectivity index is 3.57. The molecule has 2 nitrogen and oxygen atoms in total. The van der Waals surface area contributed by atoms with Crippen LogP contribution < -0.4 is 0 Å². The van der Waals surface area contributed by atoms with Crippen LogP contribution in [0.15, 0.2) is 10.7 Å². The number of nitrogens with zero attached hydrogens (tertiary/aromatic N) is 1. The van der Waals surface area contributed by atoms with Gasteiger partial charge in [0.05, 0.1) is 7.11 Å². The molecule has 7 heavy (non-hydrogen) atoms. The SMILES string of the molecule is CO/C=C(/Br)C#N. The lowest BCUT2D eigenvalue weighted by Gasteiger charge is -1.81. The van der Waals surface area contributed by atoms with E-state index in [9.17, 15) is 0 Å². The van der Waals surface area contributed by atoms with Gasteiger partial charge in [0.2, 0.25) is 0 Å². The zero-order chi connectivity index (χ0) is 5.70. The Labute approximate surface area is 50.5 Å². The van der Waals surface area contributed by atoms with Gasteiger partial charge in [-0.3, -0.25) is 0 Å². The van der Waals surface area contributed by atoms with Gasteiger partial charge in [-0.25, -0.2) is 0 Å². The standard InChI is InChI=1S/C4H4BrNO/c1-7-3-4(5)2-6/h3H,1H3/b4-3+. The Hall–Kier alpha value is -0.490. The Kier molecular flexibility index (Phi) is 3.43. The molecular weight excluding hydrogens is 158 g/mol. The summed E-state index contributed by atoms with van der Waals surface area (Å²) in [7, 11) is 1.48. The highest BCUT2D eigenvalue weighted by molar-refractivity contribution is 9.12. The number of nitriles is 1. The van der Waals surface area contributed by atoms with Crippen molar-refractivity contribution in [2.45, 2.75) is 0 Å². The third-order valence-electron chi connectivity index (χ3n) is 0.328. The first-order valence-corrected chi connectivity index (χ1v) is 2.39. The molecule has 0 aromatic carbocycles. The summed E-state index contributed by atoms with van der Waals surface area (Å²) in [6.07, 6.45) is 1.32. The largest absolute Gasteiger partial charge is 0.502 e. The molecule has 0 aliphatic heterocycles. The molecule has 0 unspecified atom stereocenters. The van der Waals surface area contributed by atoms with Crippen LogP contribution >= 0.6 is 15.9 Å². The average molecular weight is 162 g/mol. The normalized spacial score (nSPS) is 10.1. The molecule has 3 heteroatoms. The van der Waals surface area contributed by atoms with Crippen LogP contribution in [0.1, 0.15) is 0 Å². The van der Waals surface area contributed by atoms with E-state index < -0.39 is 0 Å². The molecule has 0 heterocycles. The van der Waals surface area contributed by atoms with E-state index in [1.165, 1.54) is 13.4 Å². The van der Waals surface area contributed by atoms with Gasteiger partial charge in [0.1, 0.15) is 16.8 Å². The van der Waals surface area contributed by atoms with Gasteiger partial charge in [-0.15, -0.1) is 0 Å². The molecule has 0 saturated carbocycles. The molecule has 0 N–H and O–H groups in total. The lowest BCUT2D eigenvalue weighted by atomic mass is 10.7. The van der Waals surface area contributed by atoms with E-state index in [4.69, 9.17) is 5.26 Å². The van der Waals surface area contributed by atoms with Crippen LogP contribution in [0.2, 0.25) is 0 Å². The molecule has 0 saturated heterocycles. The maximum absolute atomic E-state index is 8.02. The summed E-state index contributed by atoms with van der Waals surface area (Å²) in [4.78, 5) is 0. The molecule has 0 rings (SSSR count). The fourth-order valence-corrected chi connectivity index (χ4v) is 0.317. The molecule has 0 bridgehead atoms. The van der Waals surface area contributed by atoms with Gasteiger partial charge in [0.15, 0.2) is 0 Å². The number of ether oxygens (including phenoxy) is 1. The third kappa shape index (κ3) is 3.34. The molecule has 0 fully saturated rings. The van der Waals surface area contributed by atoms with Crippen LogP contribution in [0, 0.1) is 11.3 Å². The lowest BCUT2D eigenvalue weighted by Crippen LogP contribution is -1.65. The number of hydrogen-bond donors (Lipinski definition) is 0. The first-order valence-electron chi connectivity index (χ1n) is 1.60. The van der Waals surface area contributed by atoms with E-state index in [1.807, 2.05) is 6.07 Å². The summed E-state index contributed by atoms with van der Waals surface area (Å²) < 4.78 is 4.86. The molecule has 38 valence electrons. The third-order valence-corrected chi connectivity index (χ3v) is 0.692. The molecular formula is C4H4BrNO.